The Morgan fingerprint density at radius 2 is 2.19 bits per heavy atom. The van der Waals surface area contributed by atoms with Crippen molar-refractivity contribution in [1.29, 1.82) is 0 Å². The lowest BCUT2D eigenvalue weighted by atomic mass is 10.2. The van der Waals surface area contributed by atoms with E-state index in [1.54, 1.807) is 18.3 Å². The van der Waals surface area contributed by atoms with Gasteiger partial charge in [-0.05, 0) is 18.2 Å². The Bertz CT molecular complexity index is 581. The summed E-state index contributed by atoms with van der Waals surface area (Å²) in [5, 5.41) is 9.67. The second kappa shape index (κ2) is 3.10. The van der Waals surface area contributed by atoms with Crippen molar-refractivity contribution in [3.63, 3.8) is 0 Å². The van der Waals surface area contributed by atoms with Gasteiger partial charge in [-0.25, -0.2) is 4.79 Å². The van der Waals surface area contributed by atoms with Crippen LogP contribution in [0.15, 0.2) is 30.5 Å². The molecule has 1 N–H and O–H groups in total. The average molecular weight is 217 g/mol. The maximum Gasteiger partial charge on any atom is 0.387 e. The first-order chi connectivity index (χ1) is 7.75. The second-order valence-electron chi connectivity index (χ2n) is 3.37. The zero-order chi connectivity index (χ0) is 11.1. The molecule has 0 amide bonds. The van der Waals surface area contributed by atoms with E-state index in [4.69, 9.17) is 14.6 Å². The highest BCUT2D eigenvalue weighted by molar-refractivity contribution is 5.88. The number of rotatable bonds is 1. The average Bonchev–Trinajstić information content (AvgIpc) is 2.73. The first-order valence-electron chi connectivity index (χ1n) is 4.69. The first kappa shape index (κ1) is 8.96. The molecular weight excluding hydrogens is 210 g/mol. The van der Waals surface area contributed by atoms with Gasteiger partial charge in [-0.15, -0.1) is 0 Å². The third-order valence-electron chi connectivity index (χ3n) is 2.35. The number of carboxylic acids is 1. The number of benzene rings is 1. The van der Waals surface area contributed by atoms with E-state index in [1.165, 1.54) is 0 Å². The zero-order valence-electron chi connectivity index (χ0n) is 8.08. The smallest absolute Gasteiger partial charge is 0.387 e. The van der Waals surface area contributed by atoms with E-state index in [9.17, 15) is 4.79 Å². The Morgan fingerprint density at radius 1 is 1.31 bits per heavy atom. The lowest BCUT2D eigenvalue weighted by molar-refractivity contribution is -0.154. The van der Waals surface area contributed by atoms with Gasteiger partial charge in [0.25, 0.3) is 0 Å². The van der Waals surface area contributed by atoms with Gasteiger partial charge in [0.05, 0.1) is 0 Å². The quantitative estimate of drug-likeness (QED) is 0.782. The number of pyridine rings is 1. The molecule has 16 heavy (non-hydrogen) atoms. The summed E-state index contributed by atoms with van der Waals surface area (Å²) in [4.78, 5) is 14.9. The van der Waals surface area contributed by atoms with Crippen LogP contribution in [-0.4, -0.2) is 22.3 Å². The fourth-order valence-electron chi connectivity index (χ4n) is 1.65. The highest BCUT2D eigenvalue weighted by atomic mass is 16.7. The summed E-state index contributed by atoms with van der Waals surface area (Å²) >= 11 is 0. The molecule has 0 aliphatic carbocycles. The number of nitrogens with zero attached hydrogens (tertiary/aromatic N) is 1. The van der Waals surface area contributed by atoms with E-state index in [0.717, 1.165) is 5.39 Å². The van der Waals surface area contributed by atoms with Crippen LogP contribution in [0.25, 0.3) is 10.9 Å². The SMILES string of the molecule is O=C(O)C1Oc2ccc3cccnc3c2O1. The molecule has 0 radical (unpaired) electrons. The monoisotopic (exact) mass is 217 g/mol. The van der Waals surface area contributed by atoms with Crippen molar-refractivity contribution >= 4 is 16.9 Å². The van der Waals surface area contributed by atoms with E-state index < -0.39 is 12.3 Å². The normalized spacial score (nSPS) is 17.6. The van der Waals surface area contributed by atoms with E-state index >= 15 is 0 Å². The molecule has 80 valence electrons. The lowest BCUT2D eigenvalue weighted by Gasteiger charge is -2.02. The van der Waals surface area contributed by atoms with Gasteiger partial charge in [0.2, 0.25) is 0 Å². The molecule has 1 atom stereocenters. The number of carbonyl (C=O) groups is 1. The molecule has 1 aromatic heterocycles. The van der Waals surface area contributed by atoms with Gasteiger partial charge in [-0.3, -0.25) is 4.98 Å². The number of aliphatic carboxylic acids is 1. The molecule has 1 aliphatic heterocycles. The molecule has 2 heterocycles. The van der Waals surface area contributed by atoms with Crippen LogP contribution in [-0.2, 0) is 4.79 Å². The van der Waals surface area contributed by atoms with Crippen LogP contribution in [0.4, 0.5) is 0 Å². The van der Waals surface area contributed by atoms with Gasteiger partial charge in [-0.2, -0.15) is 0 Å². The number of hydrogen-bond donors (Lipinski definition) is 1. The minimum atomic E-state index is -1.28. The van der Waals surface area contributed by atoms with Crippen LogP contribution in [0, 0.1) is 0 Å². The molecule has 5 heteroatoms. The molecule has 1 aromatic carbocycles. The van der Waals surface area contributed by atoms with Crippen LogP contribution in [0.5, 0.6) is 11.5 Å². The summed E-state index contributed by atoms with van der Waals surface area (Å²) in [6.45, 7) is 0. The van der Waals surface area contributed by atoms with E-state index in [0.29, 0.717) is 17.0 Å². The van der Waals surface area contributed by atoms with E-state index in [2.05, 4.69) is 4.98 Å². The van der Waals surface area contributed by atoms with E-state index in [1.807, 2.05) is 12.1 Å². The summed E-state index contributed by atoms with van der Waals surface area (Å²) in [5.41, 5.74) is 0.615. The fraction of sp³-hybridized carbons (Fsp3) is 0.0909. The molecule has 0 spiro atoms. The summed E-state index contributed by atoms with van der Waals surface area (Å²) in [5.74, 6) is -0.343. The van der Waals surface area contributed by atoms with Gasteiger partial charge in [0.1, 0.15) is 5.52 Å². The minimum Gasteiger partial charge on any atom is -0.476 e. The van der Waals surface area contributed by atoms with Crippen molar-refractivity contribution in [2.75, 3.05) is 0 Å². The molecule has 0 saturated carbocycles. The zero-order valence-corrected chi connectivity index (χ0v) is 8.08. The number of aromatic nitrogens is 1. The standard InChI is InChI=1S/C11H7NO4/c13-10(14)11-15-7-4-3-6-2-1-5-12-8(6)9(7)16-11/h1-5,11H,(H,13,14). The Labute approximate surface area is 90.2 Å². The van der Waals surface area contributed by atoms with Gasteiger partial charge >= 0.3 is 12.3 Å². The molecular formula is C11H7NO4. The van der Waals surface area contributed by atoms with Crippen LogP contribution < -0.4 is 9.47 Å². The van der Waals surface area contributed by atoms with Crippen molar-refractivity contribution in [2.45, 2.75) is 6.29 Å². The van der Waals surface area contributed by atoms with Crippen LogP contribution in [0.3, 0.4) is 0 Å². The number of fused-ring (bicyclic) bond motifs is 3. The molecule has 3 rings (SSSR count). The lowest BCUT2D eigenvalue weighted by Crippen LogP contribution is -2.28. The maximum absolute atomic E-state index is 10.7. The highest BCUT2D eigenvalue weighted by Crippen LogP contribution is 2.39. The third-order valence-corrected chi connectivity index (χ3v) is 2.35. The summed E-state index contributed by atoms with van der Waals surface area (Å²) in [6.07, 6.45) is 0.350. The Hall–Kier alpha value is -2.30. The van der Waals surface area contributed by atoms with Gasteiger partial charge in [0, 0.05) is 11.6 Å². The van der Waals surface area contributed by atoms with Crippen LogP contribution in [0.2, 0.25) is 0 Å². The van der Waals surface area contributed by atoms with Crippen molar-refractivity contribution in [3.05, 3.63) is 30.5 Å². The molecule has 0 fully saturated rings. The van der Waals surface area contributed by atoms with Crippen LogP contribution >= 0.6 is 0 Å². The van der Waals surface area contributed by atoms with Crippen molar-refractivity contribution < 1.29 is 19.4 Å². The van der Waals surface area contributed by atoms with Crippen molar-refractivity contribution in [3.8, 4) is 11.5 Å². The molecule has 0 bridgehead atoms. The van der Waals surface area contributed by atoms with Gasteiger partial charge in [0.15, 0.2) is 11.5 Å². The molecule has 2 aromatic rings. The summed E-state index contributed by atoms with van der Waals surface area (Å²) < 4.78 is 10.3. The predicted octanol–water partition coefficient (Wildman–Crippen LogP) is 1.42. The second-order valence-corrected chi connectivity index (χ2v) is 3.37. The molecule has 1 aliphatic rings. The van der Waals surface area contributed by atoms with Crippen molar-refractivity contribution in [2.24, 2.45) is 0 Å². The fourth-order valence-corrected chi connectivity index (χ4v) is 1.65. The van der Waals surface area contributed by atoms with Gasteiger partial charge in [-0.1, -0.05) is 6.07 Å². The Balaban J connectivity index is 2.17. The largest absolute Gasteiger partial charge is 0.476 e. The Kier molecular flexibility index (Phi) is 1.73. The third kappa shape index (κ3) is 1.18. The number of ether oxygens (including phenoxy) is 2. The van der Waals surface area contributed by atoms with Crippen molar-refractivity contribution in [1.82, 2.24) is 4.98 Å². The van der Waals surface area contributed by atoms with E-state index in [-0.39, 0.29) is 0 Å². The Morgan fingerprint density at radius 3 is 3.00 bits per heavy atom. The predicted molar refractivity (Wildman–Crippen MR) is 54.4 cm³/mol. The topological polar surface area (TPSA) is 68.7 Å². The van der Waals surface area contributed by atoms with Gasteiger partial charge < -0.3 is 14.6 Å². The summed E-state index contributed by atoms with van der Waals surface area (Å²) in [7, 11) is 0. The molecule has 1 unspecified atom stereocenters. The maximum atomic E-state index is 10.7. The highest BCUT2D eigenvalue weighted by Gasteiger charge is 2.32. The number of hydrogen-bond acceptors (Lipinski definition) is 4. The minimum absolute atomic E-state index is 0.394. The number of carboxylic acid groups (broad SMARTS) is 1. The molecule has 5 nitrogen and oxygen atoms in total. The summed E-state index contributed by atoms with van der Waals surface area (Å²) in [6, 6.07) is 7.18. The first-order valence-corrected chi connectivity index (χ1v) is 4.69. The van der Waals surface area contributed by atoms with Crippen LogP contribution in [0.1, 0.15) is 0 Å². The molecule has 0 saturated heterocycles.